The van der Waals surface area contributed by atoms with Crippen LogP contribution in [0.15, 0.2) is 45.3 Å². The van der Waals surface area contributed by atoms with Crippen LogP contribution in [-0.4, -0.2) is 7.11 Å². The van der Waals surface area contributed by atoms with Crippen molar-refractivity contribution in [1.82, 2.24) is 0 Å². The number of rotatable bonds is 3. The Morgan fingerprint density at radius 2 is 1.74 bits per heavy atom. The summed E-state index contributed by atoms with van der Waals surface area (Å²) < 4.78 is 20.4. The van der Waals surface area contributed by atoms with Crippen LogP contribution in [0.2, 0.25) is 0 Å². The van der Waals surface area contributed by atoms with Crippen LogP contribution in [0.4, 0.5) is 4.39 Å². The van der Waals surface area contributed by atoms with E-state index in [1.165, 1.54) is 19.2 Å². The number of hydrogen-bond acceptors (Lipinski definition) is 1. The van der Waals surface area contributed by atoms with E-state index in [0.29, 0.717) is 11.3 Å². The fraction of sp³-hybridized carbons (Fsp3) is 0.143. The van der Waals surface area contributed by atoms with Crippen molar-refractivity contribution in [2.75, 3.05) is 7.11 Å². The minimum absolute atomic E-state index is 0.337. The van der Waals surface area contributed by atoms with Gasteiger partial charge in [0.1, 0.15) is 11.6 Å². The van der Waals surface area contributed by atoms with Gasteiger partial charge in [0.05, 0.1) is 12.5 Å². The third-order valence-corrected chi connectivity index (χ3v) is 4.05. The van der Waals surface area contributed by atoms with Crippen LogP contribution in [0.3, 0.4) is 0 Å². The van der Waals surface area contributed by atoms with Crippen molar-refractivity contribution < 1.29 is 9.13 Å². The van der Waals surface area contributed by atoms with Crippen LogP contribution in [0.5, 0.6) is 5.75 Å². The summed E-state index contributed by atoms with van der Waals surface area (Å²) in [6.07, 6.45) is 0. The first-order valence-corrected chi connectivity index (χ1v) is 7.47. The highest BCUT2D eigenvalue weighted by Gasteiger charge is 2.17. The Hall–Kier alpha value is -0.580. The minimum Gasteiger partial charge on any atom is -0.496 e. The predicted octanol–water partition coefficient (Wildman–Crippen LogP) is 5.69. The van der Waals surface area contributed by atoms with Crippen LogP contribution < -0.4 is 4.74 Å². The van der Waals surface area contributed by atoms with Crippen molar-refractivity contribution in [3.8, 4) is 5.75 Å². The van der Waals surface area contributed by atoms with Crippen LogP contribution in [0.25, 0.3) is 0 Å². The molecule has 1 nitrogen and oxygen atoms in total. The lowest BCUT2D eigenvalue weighted by molar-refractivity contribution is 0.409. The molecule has 0 spiro atoms. The Bertz CT molecular complexity index is 584. The molecule has 19 heavy (non-hydrogen) atoms. The summed E-state index contributed by atoms with van der Waals surface area (Å²) in [5.41, 5.74) is 1.46. The number of benzene rings is 2. The van der Waals surface area contributed by atoms with Crippen molar-refractivity contribution in [3.05, 3.63) is 62.3 Å². The second-order valence-electron chi connectivity index (χ2n) is 3.95. The molecule has 0 amide bonds. The van der Waals surface area contributed by atoms with Gasteiger partial charge in [-0.25, -0.2) is 4.39 Å². The van der Waals surface area contributed by atoms with Crippen molar-refractivity contribution in [1.29, 1.82) is 0 Å². The van der Waals surface area contributed by atoms with E-state index in [9.17, 15) is 4.39 Å². The highest BCUT2D eigenvalue weighted by molar-refractivity contribution is 9.11. The number of hydrogen-bond donors (Lipinski definition) is 0. The highest BCUT2D eigenvalue weighted by atomic mass is 79.9. The molecule has 0 aliphatic carbocycles. The quantitative estimate of drug-likeness (QED) is 0.593. The predicted molar refractivity (Wildman–Crippen MR) is 82.5 cm³/mol. The molecule has 2 aromatic rings. The molecular weight excluding hydrogens is 398 g/mol. The first-order valence-electron chi connectivity index (χ1n) is 5.44. The number of methoxy groups -OCH3 is 1. The smallest absolute Gasteiger partial charge is 0.124 e. The summed E-state index contributed by atoms with van der Waals surface area (Å²) in [6, 6.07) is 10.0. The van der Waals surface area contributed by atoms with Crippen LogP contribution in [0, 0.1) is 5.82 Å². The van der Waals surface area contributed by atoms with Crippen molar-refractivity contribution in [2.24, 2.45) is 0 Å². The third-order valence-electron chi connectivity index (χ3n) is 2.64. The molecule has 1 unspecified atom stereocenters. The molecule has 0 heterocycles. The molecule has 0 saturated heterocycles. The molecule has 2 aromatic carbocycles. The topological polar surface area (TPSA) is 9.23 Å². The van der Waals surface area contributed by atoms with E-state index in [0.717, 1.165) is 14.5 Å². The van der Waals surface area contributed by atoms with Gasteiger partial charge in [-0.3, -0.25) is 0 Å². The molecule has 5 heteroatoms. The zero-order valence-electron chi connectivity index (χ0n) is 9.96. The van der Waals surface area contributed by atoms with Gasteiger partial charge in [0.2, 0.25) is 0 Å². The second kappa shape index (κ2) is 6.25. The summed E-state index contributed by atoms with van der Waals surface area (Å²) >= 11 is 13.3. The largest absolute Gasteiger partial charge is 0.496 e. The van der Waals surface area contributed by atoms with E-state index < -0.39 is 5.38 Å². The van der Waals surface area contributed by atoms with Gasteiger partial charge in [-0.05, 0) is 42.0 Å². The Morgan fingerprint density at radius 3 is 2.32 bits per heavy atom. The summed E-state index contributed by atoms with van der Waals surface area (Å²) in [4.78, 5) is 0. The zero-order chi connectivity index (χ0) is 14.0. The molecule has 0 N–H and O–H groups in total. The first kappa shape index (κ1) is 14.8. The van der Waals surface area contributed by atoms with E-state index in [-0.39, 0.29) is 5.82 Å². The monoisotopic (exact) mass is 406 g/mol. The zero-order valence-corrected chi connectivity index (χ0v) is 13.9. The second-order valence-corrected chi connectivity index (χ2v) is 6.22. The molecule has 0 bridgehead atoms. The van der Waals surface area contributed by atoms with Crippen LogP contribution in [0.1, 0.15) is 16.5 Å². The summed E-state index contributed by atoms with van der Waals surface area (Å²) in [5.74, 6) is 0.230. The van der Waals surface area contributed by atoms with Gasteiger partial charge in [-0.2, -0.15) is 0 Å². The van der Waals surface area contributed by atoms with Crippen molar-refractivity contribution in [2.45, 2.75) is 5.38 Å². The van der Waals surface area contributed by atoms with Gasteiger partial charge in [-0.1, -0.05) is 31.9 Å². The standard InChI is InChI=1S/C14H10Br2ClFO/c1-19-13-3-2-11(18)7-12(13)14(17)8-4-9(15)6-10(16)5-8/h2-7,14H,1H3. The Morgan fingerprint density at radius 1 is 1.11 bits per heavy atom. The van der Waals surface area contributed by atoms with Crippen molar-refractivity contribution >= 4 is 43.5 Å². The number of ether oxygens (including phenoxy) is 1. The van der Waals surface area contributed by atoms with Gasteiger partial charge in [0.15, 0.2) is 0 Å². The molecule has 0 aromatic heterocycles. The van der Waals surface area contributed by atoms with Gasteiger partial charge >= 0.3 is 0 Å². The number of alkyl halides is 1. The molecule has 0 aliphatic heterocycles. The van der Waals surface area contributed by atoms with Crippen LogP contribution >= 0.6 is 43.5 Å². The van der Waals surface area contributed by atoms with Gasteiger partial charge in [0.25, 0.3) is 0 Å². The molecular formula is C14H10Br2ClFO. The van der Waals surface area contributed by atoms with E-state index in [1.54, 1.807) is 6.07 Å². The SMILES string of the molecule is COc1ccc(F)cc1C(Cl)c1cc(Br)cc(Br)c1. The van der Waals surface area contributed by atoms with E-state index >= 15 is 0 Å². The maximum absolute atomic E-state index is 13.4. The van der Waals surface area contributed by atoms with E-state index in [2.05, 4.69) is 31.9 Å². The fourth-order valence-electron chi connectivity index (χ4n) is 1.80. The molecule has 0 fully saturated rings. The van der Waals surface area contributed by atoms with Crippen LogP contribution in [-0.2, 0) is 0 Å². The average molecular weight is 408 g/mol. The Balaban J connectivity index is 2.48. The summed E-state index contributed by atoms with van der Waals surface area (Å²) in [5, 5.41) is -0.487. The molecule has 0 aliphatic rings. The van der Waals surface area contributed by atoms with Gasteiger partial charge in [-0.15, -0.1) is 11.6 Å². The summed E-state index contributed by atoms with van der Waals surface area (Å²) in [6.45, 7) is 0. The molecule has 0 radical (unpaired) electrons. The van der Waals surface area contributed by atoms with E-state index in [1.807, 2.05) is 18.2 Å². The highest BCUT2D eigenvalue weighted by Crippen LogP contribution is 2.37. The Kier molecular flexibility index (Phi) is 4.87. The first-order chi connectivity index (χ1) is 9.01. The lowest BCUT2D eigenvalue weighted by Crippen LogP contribution is -1.98. The fourth-order valence-corrected chi connectivity index (χ4v) is 3.43. The Labute approximate surface area is 133 Å². The molecule has 1 atom stereocenters. The molecule has 0 saturated carbocycles. The van der Waals surface area contributed by atoms with Gasteiger partial charge in [0, 0.05) is 14.5 Å². The third kappa shape index (κ3) is 3.50. The van der Waals surface area contributed by atoms with Crippen molar-refractivity contribution in [3.63, 3.8) is 0 Å². The average Bonchev–Trinajstić information content (AvgIpc) is 2.36. The normalized spacial score (nSPS) is 12.3. The summed E-state index contributed by atoms with van der Waals surface area (Å²) in [7, 11) is 1.54. The maximum Gasteiger partial charge on any atom is 0.124 e. The number of halogens is 4. The molecule has 2 rings (SSSR count). The lowest BCUT2D eigenvalue weighted by atomic mass is 10.0. The molecule has 100 valence electrons. The van der Waals surface area contributed by atoms with E-state index in [4.69, 9.17) is 16.3 Å². The maximum atomic E-state index is 13.4. The lowest BCUT2D eigenvalue weighted by Gasteiger charge is -2.15. The van der Waals surface area contributed by atoms with Gasteiger partial charge < -0.3 is 4.74 Å². The minimum atomic E-state index is -0.487.